The number of nitrogens with zero attached hydrogens (tertiary/aromatic N) is 6. The normalized spacial score (nSPS) is 11.8. The highest BCUT2D eigenvalue weighted by Crippen LogP contribution is 2.41. The minimum atomic E-state index is 0.300. The molecule has 0 aliphatic rings. The first-order chi connectivity index (χ1) is 14.2. The number of thiazole rings is 1. The summed E-state index contributed by atoms with van der Waals surface area (Å²) in [5.41, 5.74) is 10.7. The van der Waals surface area contributed by atoms with Crippen LogP contribution in [0.5, 0.6) is 0 Å². The number of aromatic nitrogens is 6. The van der Waals surface area contributed by atoms with Gasteiger partial charge in [-0.3, -0.25) is 4.57 Å². The largest absolute Gasteiger partial charge is 0.384 e. The van der Waals surface area contributed by atoms with Gasteiger partial charge in [-0.25, -0.2) is 19.6 Å². The van der Waals surface area contributed by atoms with E-state index in [0.717, 1.165) is 20.9 Å². The fourth-order valence-electron chi connectivity index (χ4n) is 3.37. The predicted octanol–water partition coefficient (Wildman–Crippen LogP) is 4.47. The van der Waals surface area contributed by atoms with Gasteiger partial charge in [0.2, 0.25) is 11.3 Å². The van der Waals surface area contributed by atoms with Gasteiger partial charge in [0, 0.05) is 5.02 Å². The molecule has 2 aromatic carbocycles. The van der Waals surface area contributed by atoms with Gasteiger partial charge in [0.05, 0.1) is 21.5 Å². The fraction of sp³-hybridized carbons (Fsp3) is 0. The van der Waals surface area contributed by atoms with Crippen molar-refractivity contribution in [3.63, 3.8) is 0 Å². The van der Waals surface area contributed by atoms with Crippen molar-refractivity contribution in [2.45, 2.75) is 0 Å². The summed E-state index contributed by atoms with van der Waals surface area (Å²) in [6.07, 6.45) is 0. The average molecular weight is 420 g/mol. The van der Waals surface area contributed by atoms with Crippen molar-refractivity contribution in [2.24, 2.45) is 0 Å². The Morgan fingerprint density at radius 2 is 1.79 bits per heavy atom. The van der Waals surface area contributed by atoms with Gasteiger partial charge in [-0.1, -0.05) is 29.8 Å². The van der Waals surface area contributed by atoms with Crippen LogP contribution in [-0.4, -0.2) is 29.8 Å². The van der Waals surface area contributed by atoms with Crippen LogP contribution in [-0.2, 0) is 0 Å². The van der Waals surface area contributed by atoms with Crippen LogP contribution in [0.1, 0.15) is 0 Å². The lowest BCUT2D eigenvalue weighted by Gasteiger charge is -2.07. The number of fused-ring (bicyclic) bond motifs is 3. The lowest BCUT2D eigenvalue weighted by Crippen LogP contribution is -2.01. The number of anilines is 1. The molecule has 4 heterocycles. The van der Waals surface area contributed by atoms with Crippen molar-refractivity contribution in [1.29, 1.82) is 0 Å². The van der Waals surface area contributed by atoms with E-state index in [0.29, 0.717) is 38.9 Å². The maximum absolute atomic E-state index is 6.63. The van der Waals surface area contributed by atoms with Gasteiger partial charge in [0.25, 0.3) is 0 Å². The number of rotatable bonds is 2. The molecule has 0 unspecified atom stereocenters. The second-order valence-electron chi connectivity index (χ2n) is 6.37. The number of hydrogen-bond donors (Lipinski definition) is 1. The van der Waals surface area contributed by atoms with Crippen LogP contribution in [0.3, 0.4) is 0 Å². The predicted molar refractivity (Wildman–Crippen MR) is 112 cm³/mol. The van der Waals surface area contributed by atoms with E-state index in [1.54, 1.807) is 22.0 Å². The second kappa shape index (κ2) is 5.97. The summed E-state index contributed by atoms with van der Waals surface area (Å²) in [4.78, 5) is 14.0. The summed E-state index contributed by atoms with van der Waals surface area (Å²) in [6, 6.07) is 15.3. The standard InChI is InChI=1S/C19H10ClN7OS/c20-9-4-3-5-10(8-9)27-15(21)13(19-22-11-6-1-2-7-12(11)29-19)14-18(27)24-17-16(23-14)25-28-26-17/h1-8H,21H2. The Hall–Kier alpha value is -3.56. The highest BCUT2D eigenvalue weighted by atomic mass is 35.5. The summed E-state index contributed by atoms with van der Waals surface area (Å²) in [7, 11) is 0. The highest BCUT2D eigenvalue weighted by Gasteiger charge is 2.24. The lowest BCUT2D eigenvalue weighted by atomic mass is 10.3. The Kier molecular flexibility index (Phi) is 3.37. The van der Waals surface area contributed by atoms with Crippen molar-refractivity contribution >= 4 is 61.4 Å². The van der Waals surface area contributed by atoms with E-state index < -0.39 is 0 Å². The van der Waals surface area contributed by atoms with E-state index in [4.69, 9.17) is 26.9 Å². The molecule has 10 heteroatoms. The first-order valence-electron chi connectivity index (χ1n) is 8.61. The molecule has 0 saturated carbocycles. The molecule has 0 saturated heterocycles. The molecule has 0 aliphatic carbocycles. The third kappa shape index (κ3) is 2.41. The minimum absolute atomic E-state index is 0.300. The Labute approximate surface area is 171 Å². The van der Waals surface area contributed by atoms with E-state index in [9.17, 15) is 0 Å². The molecule has 0 atom stereocenters. The fourth-order valence-corrected chi connectivity index (χ4v) is 4.57. The monoisotopic (exact) mass is 419 g/mol. The zero-order valence-corrected chi connectivity index (χ0v) is 16.1. The van der Waals surface area contributed by atoms with Crippen LogP contribution >= 0.6 is 22.9 Å². The summed E-state index contributed by atoms with van der Waals surface area (Å²) < 4.78 is 7.65. The molecule has 6 aromatic rings. The lowest BCUT2D eigenvalue weighted by molar-refractivity contribution is 0.314. The Morgan fingerprint density at radius 3 is 2.62 bits per heavy atom. The quantitative estimate of drug-likeness (QED) is 0.441. The van der Waals surface area contributed by atoms with Crippen molar-refractivity contribution in [3.05, 3.63) is 53.6 Å². The molecule has 6 rings (SSSR count). The number of halogens is 1. The number of nitrogen functional groups attached to an aromatic ring is 1. The van der Waals surface area contributed by atoms with Gasteiger partial charge < -0.3 is 5.73 Å². The molecule has 0 radical (unpaired) electrons. The van der Waals surface area contributed by atoms with Crippen molar-refractivity contribution in [2.75, 3.05) is 5.73 Å². The minimum Gasteiger partial charge on any atom is -0.384 e. The van der Waals surface area contributed by atoms with Crippen LogP contribution in [0.15, 0.2) is 53.2 Å². The summed E-state index contributed by atoms with van der Waals surface area (Å²) in [6.45, 7) is 0. The van der Waals surface area contributed by atoms with E-state index in [2.05, 4.69) is 20.3 Å². The SMILES string of the molecule is Nc1c(-c2nc3ccccc3s2)c2nc3nonc3nc2n1-c1cccc(Cl)c1. The zero-order chi connectivity index (χ0) is 19.5. The Morgan fingerprint density at radius 1 is 0.966 bits per heavy atom. The summed E-state index contributed by atoms with van der Waals surface area (Å²) in [5, 5.41) is 8.97. The van der Waals surface area contributed by atoms with Crippen molar-refractivity contribution < 1.29 is 4.63 Å². The van der Waals surface area contributed by atoms with E-state index in [1.807, 2.05) is 42.5 Å². The van der Waals surface area contributed by atoms with E-state index in [1.165, 1.54) is 0 Å². The van der Waals surface area contributed by atoms with Crippen molar-refractivity contribution in [3.8, 4) is 16.3 Å². The van der Waals surface area contributed by atoms with Gasteiger partial charge in [-0.2, -0.15) is 0 Å². The van der Waals surface area contributed by atoms with Gasteiger partial charge in [0.15, 0.2) is 5.65 Å². The molecule has 2 N–H and O–H groups in total. The number of nitrogens with two attached hydrogens (primary N) is 1. The third-order valence-electron chi connectivity index (χ3n) is 4.62. The molecule has 0 spiro atoms. The summed E-state index contributed by atoms with van der Waals surface area (Å²) in [5.74, 6) is 0.464. The van der Waals surface area contributed by atoms with Crippen molar-refractivity contribution in [1.82, 2.24) is 29.8 Å². The molecule has 0 amide bonds. The average Bonchev–Trinajstić information content (AvgIpc) is 3.40. The molecule has 4 aromatic heterocycles. The Balaban J connectivity index is 1.75. The van der Waals surface area contributed by atoms with E-state index in [-0.39, 0.29) is 0 Å². The molecule has 0 bridgehead atoms. The topological polar surface area (TPSA) is 109 Å². The second-order valence-corrected chi connectivity index (χ2v) is 7.84. The smallest absolute Gasteiger partial charge is 0.245 e. The number of para-hydroxylation sites is 1. The first-order valence-corrected chi connectivity index (χ1v) is 9.80. The van der Waals surface area contributed by atoms with Crippen LogP contribution in [0, 0.1) is 0 Å². The number of hydrogen-bond acceptors (Lipinski definition) is 8. The maximum atomic E-state index is 6.63. The third-order valence-corrected chi connectivity index (χ3v) is 5.90. The first kappa shape index (κ1) is 16.4. The zero-order valence-electron chi connectivity index (χ0n) is 14.6. The molecule has 0 aliphatic heterocycles. The molecule has 8 nitrogen and oxygen atoms in total. The summed E-state index contributed by atoms with van der Waals surface area (Å²) >= 11 is 7.76. The molecule has 0 fully saturated rings. The number of benzene rings is 2. The molecular formula is C19H10ClN7OS. The highest BCUT2D eigenvalue weighted by molar-refractivity contribution is 7.21. The van der Waals surface area contributed by atoms with Gasteiger partial charge in [-0.05, 0) is 40.6 Å². The molecule has 140 valence electrons. The maximum Gasteiger partial charge on any atom is 0.245 e. The Bertz CT molecular complexity index is 1520. The van der Waals surface area contributed by atoms with Crippen LogP contribution in [0.25, 0.3) is 48.9 Å². The van der Waals surface area contributed by atoms with Gasteiger partial charge >= 0.3 is 0 Å². The van der Waals surface area contributed by atoms with Gasteiger partial charge in [-0.15, -0.1) is 11.3 Å². The molecule has 29 heavy (non-hydrogen) atoms. The van der Waals surface area contributed by atoms with Crippen LogP contribution in [0.4, 0.5) is 5.82 Å². The van der Waals surface area contributed by atoms with Crippen LogP contribution in [0.2, 0.25) is 5.02 Å². The van der Waals surface area contributed by atoms with Gasteiger partial charge in [0.1, 0.15) is 16.3 Å². The van der Waals surface area contributed by atoms with E-state index >= 15 is 0 Å². The van der Waals surface area contributed by atoms with Crippen LogP contribution < -0.4 is 5.73 Å². The molecular weight excluding hydrogens is 410 g/mol.